The SMILES string of the molecule is CC1CNCC2(CCCC2S(C)(=O)=O)O1. The smallest absolute Gasteiger partial charge is 0.153 e. The van der Waals surface area contributed by atoms with Crippen molar-refractivity contribution in [2.75, 3.05) is 19.3 Å². The molecule has 3 unspecified atom stereocenters. The molecular weight excluding hydrogens is 214 g/mol. The van der Waals surface area contributed by atoms with Crippen LogP contribution in [0.4, 0.5) is 0 Å². The van der Waals surface area contributed by atoms with Crippen LogP contribution in [0.3, 0.4) is 0 Å². The van der Waals surface area contributed by atoms with E-state index in [1.165, 1.54) is 6.26 Å². The first-order chi connectivity index (χ1) is 6.94. The Hall–Kier alpha value is -0.130. The Morgan fingerprint density at radius 3 is 2.80 bits per heavy atom. The van der Waals surface area contributed by atoms with E-state index in [1.54, 1.807) is 0 Å². The summed E-state index contributed by atoms with van der Waals surface area (Å²) >= 11 is 0. The van der Waals surface area contributed by atoms with E-state index in [1.807, 2.05) is 6.92 Å². The van der Waals surface area contributed by atoms with E-state index in [0.29, 0.717) is 6.54 Å². The number of hydrogen-bond donors (Lipinski definition) is 1. The highest BCUT2D eigenvalue weighted by molar-refractivity contribution is 7.91. The molecule has 0 aromatic carbocycles. The predicted molar refractivity (Wildman–Crippen MR) is 58.6 cm³/mol. The average molecular weight is 233 g/mol. The van der Waals surface area contributed by atoms with Crippen molar-refractivity contribution < 1.29 is 13.2 Å². The number of nitrogens with one attached hydrogen (secondary N) is 1. The molecule has 5 heteroatoms. The molecule has 1 saturated carbocycles. The Balaban J connectivity index is 2.26. The first-order valence-corrected chi connectivity index (χ1v) is 7.47. The van der Waals surface area contributed by atoms with E-state index in [0.717, 1.165) is 25.8 Å². The Labute approximate surface area is 91.3 Å². The molecule has 0 bridgehead atoms. The normalized spacial score (nSPS) is 42.3. The summed E-state index contributed by atoms with van der Waals surface area (Å²) in [6.45, 7) is 3.48. The summed E-state index contributed by atoms with van der Waals surface area (Å²) in [5.41, 5.74) is -0.453. The molecule has 2 fully saturated rings. The van der Waals surface area contributed by atoms with Gasteiger partial charge in [-0.15, -0.1) is 0 Å². The quantitative estimate of drug-likeness (QED) is 0.709. The minimum atomic E-state index is -3.00. The lowest BCUT2D eigenvalue weighted by atomic mass is 9.99. The third kappa shape index (κ3) is 2.05. The molecule has 15 heavy (non-hydrogen) atoms. The summed E-state index contributed by atoms with van der Waals surface area (Å²) in [6.07, 6.45) is 4.00. The zero-order chi connectivity index (χ0) is 11.1. The molecule has 88 valence electrons. The molecule has 4 nitrogen and oxygen atoms in total. The highest BCUT2D eigenvalue weighted by Crippen LogP contribution is 2.39. The summed E-state index contributed by atoms with van der Waals surface area (Å²) < 4.78 is 29.3. The van der Waals surface area contributed by atoms with Gasteiger partial charge in [0.05, 0.1) is 17.0 Å². The van der Waals surface area contributed by atoms with Gasteiger partial charge in [-0.2, -0.15) is 0 Å². The second-order valence-corrected chi connectivity index (χ2v) is 7.06. The third-order valence-corrected chi connectivity index (χ3v) is 5.16. The number of ether oxygens (including phenoxy) is 1. The van der Waals surface area contributed by atoms with Crippen molar-refractivity contribution in [3.05, 3.63) is 0 Å². The molecule has 1 aliphatic heterocycles. The van der Waals surface area contributed by atoms with E-state index in [4.69, 9.17) is 4.74 Å². The molecule has 0 aromatic rings. The van der Waals surface area contributed by atoms with Crippen LogP contribution in [0.15, 0.2) is 0 Å². The summed E-state index contributed by atoms with van der Waals surface area (Å²) in [5.74, 6) is 0. The van der Waals surface area contributed by atoms with Crippen LogP contribution in [0.2, 0.25) is 0 Å². The van der Waals surface area contributed by atoms with Crippen molar-refractivity contribution in [2.24, 2.45) is 0 Å². The molecule has 0 radical (unpaired) electrons. The van der Waals surface area contributed by atoms with Crippen molar-refractivity contribution in [2.45, 2.75) is 43.1 Å². The van der Waals surface area contributed by atoms with Crippen LogP contribution in [0, 0.1) is 0 Å². The first kappa shape index (κ1) is 11.4. The number of hydrogen-bond acceptors (Lipinski definition) is 4. The summed E-state index contributed by atoms with van der Waals surface area (Å²) in [7, 11) is -3.00. The van der Waals surface area contributed by atoms with Gasteiger partial charge < -0.3 is 10.1 Å². The van der Waals surface area contributed by atoms with Crippen LogP contribution in [0.1, 0.15) is 26.2 Å². The third-order valence-electron chi connectivity index (χ3n) is 3.46. The monoisotopic (exact) mass is 233 g/mol. The van der Waals surface area contributed by atoms with E-state index in [-0.39, 0.29) is 11.4 Å². The fraction of sp³-hybridized carbons (Fsp3) is 1.00. The molecule has 3 atom stereocenters. The average Bonchev–Trinajstić information content (AvgIpc) is 2.47. The minimum absolute atomic E-state index is 0.112. The van der Waals surface area contributed by atoms with Crippen LogP contribution < -0.4 is 5.32 Å². The molecule has 2 aliphatic rings. The maximum absolute atomic E-state index is 11.7. The molecule has 0 aromatic heterocycles. The Morgan fingerprint density at radius 1 is 1.47 bits per heavy atom. The van der Waals surface area contributed by atoms with Crippen LogP contribution >= 0.6 is 0 Å². The highest BCUT2D eigenvalue weighted by atomic mass is 32.2. The van der Waals surface area contributed by atoms with Gasteiger partial charge >= 0.3 is 0 Å². The van der Waals surface area contributed by atoms with Gasteiger partial charge in [-0.05, 0) is 26.2 Å². The van der Waals surface area contributed by atoms with Gasteiger partial charge in [0.15, 0.2) is 9.84 Å². The largest absolute Gasteiger partial charge is 0.368 e. The molecule has 1 aliphatic carbocycles. The molecule has 1 saturated heterocycles. The Kier molecular flexibility index (Phi) is 2.81. The fourth-order valence-electron chi connectivity index (χ4n) is 2.92. The molecule has 1 N–H and O–H groups in total. The van der Waals surface area contributed by atoms with E-state index in [9.17, 15) is 8.42 Å². The lowest BCUT2D eigenvalue weighted by molar-refractivity contribution is -0.102. The van der Waals surface area contributed by atoms with Gasteiger partial charge in [-0.25, -0.2) is 8.42 Å². The molecule has 1 spiro atoms. The van der Waals surface area contributed by atoms with Crippen molar-refractivity contribution in [3.8, 4) is 0 Å². The topological polar surface area (TPSA) is 55.4 Å². The lowest BCUT2D eigenvalue weighted by Crippen LogP contribution is -2.58. The molecular formula is C10H19NO3S. The summed E-state index contributed by atoms with van der Waals surface area (Å²) in [5, 5.41) is 2.96. The fourth-order valence-corrected chi connectivity index (χ4v) is 4.55. The van der Waals surface area contributed by atoms with Gasteiger partial charge in [-0.1, -0.05) is 0 Å². The molecule has 0 amide bonds. The van der Waals surface area contributed by atoms with Crippen molar-refractivity contribution in [1.29, 1.82) is 0 Å². The molecule has 1 heterocycles. The van der Waals surface area contributed by atoms with Crippen molar-refractivity contribution >= 4 is 9.84 Å². The van der Waals surface area contributed by atoms with E-state index >= 15 is 0 Å². The molecule has 2 rings (SSSR count). The maximum atomic E-state index is 11.7. The van der Waals surface area contributed by atoms with Crippen molar-refractivity contribution in [3.63, 3.8) is 0 Å². The predicted octanol–water partition coefficient (Wildman–Crippen LogP) is 0.331. The zero-order valence-electron chi connectivity index (χ0n) is 9.32. The van der Waals surface area contributed by atoms with Gasteiger partial charge in [0.25, 0.3) is 0 Å². The number of morpholine rings is 1. The maximum Gasteiger partial charge on any atom is 0.153 e. The van der Waals surface area contributed by atoms with Gasteiger partial charge in [0, 0.05) is 19.3 Å². The number of sulfone groups is 1. The lowest BCUT2D eigenvalue weighted by Gasteiger charge is -2.41. The Bertz CT molecular complexity index is 341. The van der Waals surface area contributed by atoms with E-state index < -0.39 is 15.4 Å². The van der Waals surface area contributed by atoms with Gasteiger partial charge in [0.2, 0.25) is 0 Å². The second kappa shape index (κ2) is 3.71. The standard InChI is InChI=1S/C10H19NO3S/c1-8-6-11-7-10(14-8)5-3-4-9(10)15(2,12)13/h8-9,11H,3-7H2,1-2H3. The first-order valence-electron chi connectivity index (χ1n) is 5.51. The van der Waals surface area contributed by atoms with Gasteiger partial charge in [0.1, 0.15) is 0 Å². The van der Waals surface area contributed by atoms with Gasteiger partial charge in [-0.3, -0.25) is 0 Å². The Morgan fingerprint density at radius 2 is 2.20 bits per heavy atom. The second-order valence-electron chi connectivity index (χ2n) is 4.83. The van der Waals surface area contributed by atoms with Crippen LogP contribution in [0.25, 0.3) is 0 Å². The van der Waals surface area contributed by atoms with E-state index in [2.05, 4.69) is 5.32 Å². The summed E-state index contributed by atoms with van der Waals surface area (Å²) in [6, 6.07) is 0. The van der Waals surface area contributed by atoms with Crippen LogP contribution in [0.5, 0.6) is 0 Å². The highest BCUT2D eigenvalue weighted by Gasteiger charge is 2.51. The minimum Gasteiger partial charge on any atom is -0.368 e. The van der Waals surface area contributed by atoms with Crippen molar-refractivity contribution in [1.82, 2.24) is 5.32 Å². The van der Waals surface area contributed by atoms with Crippen LogP contribution in [-0.2, 0) is 14.6 Å². The zero-order valence-corrected chi connectivity index (χ0v) is 10.1. The van der Waals surface area contributed by atoms with Crippen LogP contribution in [-0.4, -0.2) is 44.7 Å². The number of rotatable bonds is 1. The summed E-state index contributed by atoms with van der Waals surface area (Å²) in [4.78, 5) is 0.